The van der Waals surface area contributed by atoms with Crippen molar-refractivity contribution in [1.29, 1.82) is 0 Å². The number of aliphatic hydroxyl groups is 1. The highest BCUT2D eigenvalue weighted by Gasteiger charge is 2.51. The maximum absolute atomic E-state index is 12.3. The molecular weight excluding hydrogens is 238 g/mol. The second-order valence-corrected chi connectivity index (χ2v) is 6.03. The predicted octanol–water partition coefficient (Wildman–Crippen LogP) is 2.10. The normalized spacial score (nSPS) is 20.1. The van der Waals surface area contributed by atoms with Crippen LogP contribution in [0.4, 0.5) is 0 Å². The van der Waals surface area contributed by atoms with Crippen LogP contribution in [-0.4, -0.2) is 35.6 Å². The van der Waals surface area contributed by atoms with Gasteiger partial charge in [-0.25, -0.2) is 0 Å². The van der Waals surface area contributed by atoms with Crippen molar-refractivity contribution in [2.45, 2.75) is 26.7 Å². The fourth-order valence-electron chi connectivity index (χ4n) is 2.47. The second kappa shape index (κ2) is 5.74. The molecule has 1 fully saturated rings. The summed E-state index contributed by atoms with van der Waals surface area (Å²) in [6.07, 6.45) is 1.82. The first kappa shape index (κ1) is 14.1. The second-order valence-electron chi connectivity index (χ2n) is 6.03. The first-order valence-corrected chi connectivity index (χ1v) is 6.98. The Kier molecular flexibility index (Phi) is 4.25. The van der Waals surface area contributed by atoms with Gasteiger partial charge in [0.05, 0.1) is 6.61 Å². The molecule has 1 aliphatic rings. The Morgan fingerprint density at radius 3 is 2.47 bits per heavy atom. The largest absolute Gasteiger partial charge is 0.395 e. The first-order chi connectivity index (χ1) is 9.04. The average molecular weight is 261 g/mol. The Labute approximate surface area is 115 Å². The van der Waals surface area contributed by atoms with E-state index >= 15 is 0 Å². The highest BCUT2D eigenvalue weighted by molar-refractivity contribution is 5.82. The summed E-state index contributed by atoms with van der Waals surface area (Å²) in [5.74, 6) is 0.352. The van der Waals surface area contributed by atoms with E-state index in [0.717, 1.165) is 12.8 Å². The van der Waals surface area contributed by atoms with E-state index in [2.05, 4.69) is 26.0 Å². The zero-order valence-corrected chi connectivity index (χ0v) is 11.8. The quantitative estimate of drug-likeness (QED) is 0.852. The molecule has 0 radical (unpaired) electrons. The van der Waals surface area contributed by atoms with Gasteiger partial charge >= 0.3 is 0 Å². The SMILES string of the molecule is CC1(C)C[C@@H]1C(=O)N(CCO)CCc1ccccc1. The summed E-state index contributed by atoms with van der Waals surface area (Å²) in [6, 6.07) is 10.2. The van der Waals surface area contributed by atoms with E-state index in [1.807, 2.05) is 23.1 Å². The van der Waals surface area contributed by atoms with Gasteiger partial charge in [-0.15, -0.1) is 0 Å². The van der Waals surface area contributed by atoms with Crippen LogP contribution >= 0.6 is 0 Å². The number of hydrogen-bond acceptors (Lipinski definition) is 2. The molecule has 1 aliphatic carbocycles. The molecule has 1 saturated carbocycles. The van der Waals surface area contributed by atoms with Crippen LogP contribution in [0, 0.1) is 11.3 Å². The Balaban J connectivity index is 1.91. The lowest BCUT2D eigenvalue weighted by Crippen LogP contribution is -2.37. The molecule has 0 unspecified atom stereocenters. The monoisotopic (exact) mass is 261 g/mol. The number of carbonyl (C=O) groups is 1. The molecule has 1 aromatic carbocycles. The highest BCUT2D eigenvalue weighted by Crippen LogP contribution is 2.52. The van der Waals surface area contributed by atoms with Crippen LogP contribution in [0.5, 0.6) is 0 Å². The average Bonchev–Trinajstić information content (AvgIpc) is 3.04. The minimum absolute atomic E-state index is 0.0354. The van der Waals surface area contributed by atoms with Gasteiger partial charge in [0.25, 0.3) is 0 Å². The van der Waals surface area contributed by atoms with E-state index in [0.29, 0.717) is 13.1 Å². The smallest absolute Gasteiger partial charge is 0.226 e. The van der Waals surface area contributed by atoms with Crippen LogP contribution in [0.15, 0.2) is 30.3 Å². The van der Waals surface area contributed by atoms with Crippen LogP contribution in [0.3, 0.4) is 0 Å². The number of benzene rings is 1. The zero-order valence-electron chi connectivity index (χ0n) is 11.8. The fourth-order valence-corrected chi connectivity index (χ4v) is 2.47. The maximum atomic E-state index is 12.3. The third-order valence-corrected chi connectivity index (χ3v) is 4.01. The Morgan fingerprint density at radius 2 is 1.95 bits per heavy atom. The van der Waals surface area contributed by atoms with Gasteiger partial charge in [-0.3, -0.25) is 4.79 Å². The first-order valence-electron chi connectivity index (χ1n) is 6.98. The molecule has 0 spiro atoms. The molecule has 1 amide bonds. The predicted molar refractivity (Wildman–Crippen MR) is 75.7 cm³/mol. The summed E-state index contributed by atoms with van der Waals surface area (Å²) < 4.78 is 0. The van der Waals surface area contributed by atoms with Crippen LogP contribution in [0.1, 0.15) is 25.8 Å². The highest BCUT2D eigenvalue weighted by atomic mass is 16.3. The van der Waals surface area contributed by atoms with Crippen LogP contribution in [0.25, 0.3) is 0 Å². The molecule has 0 saturated heterocycles. The van der Waals surface area contributed by atoms with Crippen molar-refractivity contribution >= 4 is 5.91 Å². The third-order valence-electron chi connectivity index (χ3n) is 4.01. The molecule has 3 heteroatoms. The summed E-state index contributed by atoms with van der Waals surface area (Å²) in [6.45, 7) is 5.43. The van der Waals surface area contributed by atoms with Gasteiger partial charge in [0, 0.05) is 19.0 Å². The van der Waals surface area contributed by atoms with Crippen molar-refractivity contribution in [3.05, 3.63) is 35.9 Å². The van der Waals surface area contributed by atoms with Gasteiger partial charge in [0.1, 0.15) is 0 Å². The molecule has 2 rings (SSSR count). The lowest BCUT2D eigenvalue weighted by atomic mass is 10.1. The molecule has 0 aliphatic heterocycles. The number of nitrogens with zero attached hydrogens (tertiary/aromatic N) is 1. The van der Waals surface area contributed by atoms with Crippen LogP contribution < -0.4 is 0 Å². The molecular formula is C16H23NO2. The van der Waals surface area contributed by atoms with E-state index in [-0.39, 0.29) is 23.8 Å². The number of rotatable bonds is 6. The van der Waals surface area contributed by atoms with Crippen molar-refractivity contribution in [3.63, 3.8) is 0 Å². The molecule has 104 valence electrons. The van der Waals surface area contributed by atoms with E-state index in [4.69, 9.17) is 5.11 Å². The number of aliphatic hydroxyl groups excluding tert-OH is 1. The minimum Gasteiger partial charge on any atom is -0.395 e. The molecule has 1 aromatic rings. The molecule has 1 atom stereocenters. The van der Waals surface area contributed by atoms with Gasteiger partial charge in [-0.1, -0.05) is 44.2 Å². The number of amides is 1. The molecule has 1 N–H and O–H groups in total. The maximum Gasteiger partial charge on any atom is 0.226 e. The summed E-state index contributed by atoms with van der Waals surface area (Å²) >= 11 is 0. The van der Waals surface area contributed by atoms with Crippen molar-refractivity contribution in [1.82, 2.24) is 4.90 Å². The summed E-state index contributed by atoms with van der Waals surface area (Å²) in [5, 5.41) is 9.12. The summed E-state index contributed by atoms with van der Waals surface area (Å²) in [5.41, 5.74) is 1.38. The zero-order chi connectivity index (χ0) is 13.9. The molecule has 0 aromatic heterocycles. The Morgan fingerprint density at radius 1 is 1.32 bits per heavy atom. The van der Waals surface area contributed by atoms with Crippen molar-refractivity contribution in [3.8, 4) is 0 Å². The number of carbonyl (C=O) groups excluding carboxylic acids is 1. The lowest BCUT2D eigenvalue weighted by molar-refractivity contribution is -0.133. The van der Waals surface area contributed by atoms with Crippen molar-refractivity contribution in [2.75, 3.05) is 19.7 Å². The molecule has 0 heterocycles. The van der Waals surface area contributed by atoms with Crippen molar-refractivity contribution < 1.29 is 9.90 Å². The topological polar surface area (TPSA) is 40.5 Å². The van der Waals surface area contributed by atoms with Crippen LogP contribution in [0.2, 0.25) is 0 Å². The van der Waals surface area contributed by atoms with Gasteiger partial charge in [-0.05, 0) is 23.8 Å². The van der Waals surface area contributed by atoms with E-state index in [1.54, 1.807) is 0 Å². The summed E-state index contributed by atoms with van der Waals surface area (Å²) in [7, 11) is 0. The van der Waals surface area contributed by atoms with Crippen molar-refractivity contribution in [2.24, 2.45) is 11.3 Å². The number of hydrogen-bond donors (Lipinski definition) is 1. The molecule has 3 nitrogen and oxygen atoms in total. The third kappa shape index (κ3) is 3.57. The van der Waals surface area contributed by atoms with Gasteiger partial charge in [0.15, 0.2) is 0 Å². The standard InChI is InChI=1S/C16H23NO2/c1-16(2)12-14(16)15(19)17(10-11-18)9-8-13-6-4-3-5-7-13/h3-7,14,18H,8-12H2,1-2H3/t14-/m1/s1. The molecule has 19 heavy (non-hydrogen) atoms. The van der Waals surface area contributed by atoms with Crippen LogP contribution in [-0.2, 0) is 11.2 Å². The molecule has 0 bridgehead atoms. The Bertz CT molecular complexity index is 428. The van der Waals surface area contributed by atoms with E-state index < -0.39 is 0 Å². The van der Waals surface area contributed by atoms with E-state index in [9.17, 15) is 4.79 Å². The van der Waals surface area contributed by atoms with Gasteiger partial charge in [0.2, 0.25) is 5.91 Å². The summed E-state index contributed by atoms with van der Waals surface area (Å²) in [4.78, 5) is 14.2. The Hall–Kier alpha value is -1.35. The van der Waals surface area contributed by atoms with E-state index in [1.165, 1.54) is 5.56 Å². The van der Waals surface area contributed by atoms with Gasteiger partial charge in [-0.2, -0.15) is 0 Å². The van der Waals surface area contributed by atoms with Gasteiger partial charge < -0.3 is 10.0 Å². The minimum atomic E-state index is 0.0354. The fraction of sp³-hybridized carbons (Fsp3) is 0.562. The lowest BCUT2D eigenvalue weighted by Gasteiger charge is -2.22.